The molecule has 62 valence electrons. The molecule has 0 amide bonds. The fourth-order valence-electron chi connectivity index (χ4n) is 0.555. The number of carboxylic acids is 1. The van der Waals surface area contributed by atoms with E-state index in [0.29, 0.717) is 12.6 Å². The molecule has 5 heteroatoms. The first-order valence-corrected chi connectivity index (χ1v) is 2.96. The highest BCUT2D eigenvalue weighted by atomic mass is 16.4. The van der Waals surface area contributed by atoms with Crippen LogP contribution in [0, 0.1) is 0 Å². The van der Waals surface area contributed by atoms with Crippen molar-refractivity contribution in [3.05, 3.63) is 0 Å². The molecule has 0 fully saturated rings. The summed E-state index contributed by atoms with van der Waals surface area (Å²) < 4.78 is 0. The zero-order valence-corrected chi connectivity index (χ0v) is 5.82. The average Bonchev–Trinajstić information content (AvgIpc) is 1.88. The van der Waals surface area contributed by atoms with Crippen LogP contribution in [0.2, 0.25) is 0 Å². The van der Waals surface area contributed by atoms with E-state index in [4.69, 9.17) is 10.8 Å². The Hall–Kier alpha value is -1.23. The minimum atomic E-state index is -1.72. The summed E-state index contributed by atoms with van der Waals surface area (Å²) in [6, 6.07) is 0. The van der Waals surface area contributed by atoms with E-state index in [1.54, 1.807) is 0 Å². The topological polar surface area (TPSA) is 97.5 Å². The number of nitrogens with two attached hydrogens (primary N) is 1. The lowest BCUT2D eigenvalue weighted by Gasteiger charge is -2.18. The molecule has 0 aromatic carbocycles. The third kappa shape index (κ3) is 2.46. The first-order valence-electron chi connectivity index (χ1n) is 2.96. The van der Waals surface area contributed by atoms with Gasteiger partial charge in [-0.25, -0.2) is 0 Å². The second-order valence-electron chi connectivity index (χ2n) is 2.20. The molecular formula is C6H9NO4. The lowest BCUT2D eigenvalue weighted by molar-refractivity contribution is -0.145. The fraction of sp³-hybridized carbons (Fsp3) is 0.500. The maximum atomic E-state index is 10.4. The summed E-state index contributed by atoms with van der Waals surface area (Å²) in [6.07, 6.45) is 0.0807. The van der Waals surface area contributed by atoms with Gasteiger partial charge in [0.2, 0.25) is 0 Å². The van der Waals surface area contributed by atoms with Gasteiger partial charge in [0.1, 0.15) is 18.1 Å². The van der Waals surface area contributed by atoms with Gasteiger partial charge >= 0.3 is 5.97 Å². The molecule has 0 spiro atoms. The smallest absolute Gasteiger partial charge is 0.324 e. The van der Waals surface area contributed by atoms with Crippen LogP contribution in [0.4, 0.5) is 0 Å². The standard InChI is InChI=1S/C6H9NO4/c7-6(1-3-8,2-4-9)5(10)11/h3-4H,1-2,7H2,(H,10,11). The lowest BCUT2D eigenvalue weighted by atomic mass is 9.94. The number of aliphatic carboxylic acids is 1. The molecule has 0 aromatic rings. The van der Waals surface area contributed by atoms with Gasteiger partial charge in [0.05, 0.1) is 0 Å². The minimum Gasteiger partial charge on any atom is -0.480 e. The van der Waals surface area contributed by atoms with Gasteiger partial charge in [-0.2, -0.15) is 0 Å². The Labute approximate surface area is 63.2 Å². The van der Waals surface area contributed by atoms with E-state index < -0.39 is 11.5 Å². The lowest BCUT2D eigenvalue weighted by Crippen LogP contribution is -2.48. The van der Waals surface area contributed by atoms with Crippen molar-refractivity contribution in [2.45, 2.75) is 18.4 Å². The number of carboxylic acid groups (broad SMARTS) is 1. The molecule has 0 aliphatic carbocycles. The van der Waals surface area contributed by atoms with Gasteiger partial charge in [-0.1, -0.05) is 0 Å². The van der Waals surface area contributed by atoms with Gasteiger partial charge in [0, 0.05) is 12.8 Å². The van der Waals surface area contributed by atoms with Crippen molar-refractivity contribution in [1.82, 2.24) is 0 Å². The Bertz CT molecular complexity index is 167. The van der Waals surface area contributed by atoms with Crippen LogP contribution in [0.3, 0.4) is 0 Å². The van der Waals surface area contributed by atoms with E-state index in [1.807, 2.05) is 0 Å². The first-order chi connectivity index (χ1) is 5.06. The Kier molecular flexibility index (Phi) is 3.39. The van der Waals surface area contributed by atoms with Gasteiger partial charge in [-0.3, -0.25) is 4.79 Å². The van der Waals surface area contributed by atoms with Crippen LogP contribution >= 0.6 is 0 Å². The molecule has 0 aliphatic rings. The van der Waals surface area contributed by atoms with Crippen LogP contribution in [0.15, 0.2) is 0 Å². The SMILES string of the molecule is NC(CC=O)(CC=O)C(=O)O. The molecule has 0 unspecified atom stereocenters. The number of carbonyl (C=O) groups is 3. The number of rotatable bonds is 5. The Balaban J connectivity index is 4.35. The molecule has 0 rings (SSSR count). The highest BCUT2D eigenvalue weighted by molar-refractivity contribution is 5.84. The van der Waals surface area contributed by atoms with Gasteiger partial charge in [-0.05, 0) is 0 Å². The van der Waals surface area contributed by atoms with Gasteiger partial charge in [0.15, 0.2) is 0 Å². The van der Waals surface area contributed by atoms with Crippen molar-refractivity contribution < 1.29 is 19.5 Å². The third-order valence-electron chi connectivity index (χ3n) is 1.32. The van der Waals surface area contributed by atoms with E-state index in [9.17, 15) is 14.4 Å². The predicted octanol–water partition coefficient (Wildman–Crippen LogP) is -1.05. The van der Waals surface area contributed by atoms with Crippen molar-refractivity contribution in [3.63, 3.8) is 0 Å². The zero-order valence-electron chi connectivity index (χ0n) is 5.82. The second kappa shape index (κ2) is 3.82. The summed E-state index contributed by atoms with van der Waals surface area (Å²) in [5.74, 6) is -1.34. The van der Waals surface area contributed by atoms with Crippen LogP contribution in [0.5, 0.6) is 0 Å². The third-order valence-corrected chi connectivity index (χ3v) is 1.32. The van der Waals surface area contributed by atoms with E-state index in [1.165, 1.54) is 0 Å². The van der Waals surface area contributed by atoms with Crippen LogP contribution in [-0.2, 0) is 14.4 Å². The molecular weight excluding hydrogens is 150 g/mol. The van der Waals surface area contributed by atoms with Gasteiger partial charge in [0.25, 0.3) is 0 Å². The quantitative estimate of drug-likeness (QED) is 0.498. The van der Waals surface area contributed by atoms with E-state index in [-0.39, 0.29) is 12.8 Å². The number of carbonyl (C=O) groups excluding carboxylic acids is 2. The maximum Gasteiger partial charge on any atom is 0.324 e. The highest BCUT2D eigenvalue weighted by Crippen LogP contribution is 2.08. The number of hydrogen-bond donors (Lipinski definition) is 2. The second-order valence-corrected chi connectivity index (χ2v) is 2.20. The summed E-state index contributed by atoms with van der Waals surface area (Å²) in [6.45, 7) is 0. The molecule has 0 radical (unpaired) electrons. The average molecular weight is 159 g/mol. The molecule has 0 saturated carbocycles. The molecule has 0 aromatic heterocycles. The van der Waals surface area contributed by atoms with Crippen molar-refractivity contribution in [2.75, 3.05) is 0 Å². The van der Waals surface area contributed by atoms with E-state index >= 15 is 0 Å². The molecule has 5 nitrogen and oxygen atoms in total. The number of hydrogen-bond acceptors (Lipinski definition) is 4. The summed E-state index contributed by atoms with van der Waals surface area (Å²) >= 11 is 0. The normalized spacial score (nSPS) is 10.6. The van der Waals surface area contributed by atoms with Crippen molar-refractivity contribution in [2.24, 2.45) is 5.73 Å². The summed E-state index contributed by atoms with van der Waals surface area (Å²) in [5, 5.41) is 8.45. The highest BCUT2D eigenvalue weighted by Gasteiger charge is 2.32. The zero-order chi connectivity index (χ0) is 8.91. The van der Waals surface area contributed by atoms with Crippen LogP contribution < -0.4 is 5.73 Å². The van der Waals surface area contributed by atoms with Gasteiger partial charge < -0.3 is 20.4 Å². The molecule has 3 N–H and O–H groups in total. The van der Waals surface area contributed by atoms with Crippen LogP contribution in [0.25, 0.3) is 0 Å². The Morgan fingerprint density at radius 1 is 1.36 bits per heavy atom. The predicted molar refractivity (Wildman–Crippen MR) is 35.9 cm³/mol. The van der Waals surface area contributed by atoms with Crippen molar-refractivity contribution in [3.8, 4) is 0 Å². The molecule has 0 atom stereocenters. The Morgan fingerprint density at radius 3 is 1.91 bits per heavy atom. The minimum absolute atomic E-state index is 0.346. The van der Waals surface area contributed by atoms with Crippen molar-refractivity contribution in [1.29, 1.82) is 0 Å². The summed E-state index contributed by atoms with van der Waals surface area (Å²) in [7, 11) is 0. The summed E-state index contributed by atoms with van der Waals surface area (Å²) in [5.41, 5.74) is 3.48. The molecule has 0 aliphatic heterocycles. The molecule has 0 bridgehead atoms. The van der Waals surface area contributed by atoms with E-state index in [2.05, 4.69) is 0 Å². The molecule has 11 heavy (non-hydrogen) atoms. The fourth-order valence-corrected chi connectivity index (χ4v) is 0.555. The molecule has 0 heterocycles. The molecule has 0 saturated heterocycles. The van der Waals surface area contributed by atoms with Crippen molar-refractivity contribution >= 4 is 18.5 Å². The Morgan fingerprint density at radius 2 is 1.73 bits per heavy atom. The maximum absolute atomic E-state index is 10.4. The van der Waals surface area contributed by atoms with Crippen LogP contribution in [-0.4, -0.2) is 29.2 Å². The van der Waals surface area contributed by atoms with E-state index in [0.717, 1.165) is 0 Å². The summed E-state index contributed by atoms with van der Waals surface area (Å²) in [4.78, 5) is 30.2. The van der Waals surface area contributed by atoms with Crippen LogP contribution in [0.1, 0.15) is 12.8 Å². The number of aldehydes is 2. The first kappa shape index (κ1) is 9.77. The largest absolute Gasteiger partial charge is 0.480 e. The monoisotopic (exact) mass is 159 g/mol. The van der Waals surface area contributed by atoms with Gasteiger partial charge in [-0.15, -0.1) is 0 Å².